The number of halogens is 1. The molecule has 60 valence electrons. The molecule has 0 heterocycles. The molecule has 1 heteroatoms. The van der Waals surface area contributed by atoms with Crippen molar-refractivity contribution in [3.8, 4) is 0 Å². The molecule has 0 N–H and O–H groups in total. The molecule has 0 rings (SSSR count). The van der Waals surface area contributed by atoms with Gasteiger partial charge in [-0.25, -0.2) is 4.39 Å². The predicted molar refractivity (Wildman–Crippen MR) is 43.9 cm³/mol. The van der Waals surface area contributed by atoms with Crippen molar-refractivity contribution < 1.29 is 4.39 Å². The van der Waals surface area contributed by atoms with Crippen molar-refractivity contribution in [3.05, 3.63) is 12.2 Å². The number of allylic oxidation sites excluding steroid dienone is 2. The largest absolute Gasteiger partial charge is 0.240 e. The molecule has 0 saturated heterocycles. The molecule has 0 nitrogen and oxygen atoms in total. The van der Waals surface area contributed by atoms with Crippen LogP contribution in [0.2, 0.25) is 0 Å². The molecule has 0 aliphatic carbocycles. The van der Waals surface area contributed by atoms with Gasteiger partial charge in [0.1, 0.15) is 5.67 Å². The van der Waals surface area contributed by atoms with Crippen LogP contribution in [0.3, 0.4) is 0 Å². The van der Waals surface area contributed by atoms with E-state index in [1.807, 2.05) is 6.92 Å². The smallest absolute Gasteiger partial charge is 0.126 e. The summed E-state index contributed by atoms with van der Waals surface area (Å²) in [5.74, 6) is 0. The minimum absolute atomic E-state index is 0.647. The topological polar surface area (TPSA) is 0 Å². The van der Waals surface area contributed by atoms with E-state index in [0.717, 1.165) is 12.8 Å². The molecule has 1 unspecified atom stereocenters. The SMILES string of the molecule is C/C=C/C(C)(F)CCCC. The average molecular weight is 144 g/mol. The number of hydrogen-bond acceptors (Lipinski definition) is 0. The maximum absolute atomic E-state index is 13.2. The molecule has 0 aliphatic rings. The Bertz CT molecular complexity index is 103. The van der Waals surface area contributed by atoms with Crippen molar-refractivity contribution in [2.24, 2.45) is 0 Å². The number of hydrogen-bond donors (Lipinski definition) is 0. The van der Waals surface area contributed by atoms with Crippen LogP contribution in [0, 0.1) is 0 Å². The first-order valence-electron chi connectivity index (χ1n) is 3.95. The molecular formula is C9H17F. The van der Waals surface area contributed by atoms with Gasteiger partial charge in [0.15, 0.2) is 0 Å². The lowest BCUT2D eigenvalue weighted by Crippen LogP contribution is -2.13. The highest BCUT2D eigenvalue weighted by atomic mass is 19.1. The first-order valence-corrected chi connectivity index (χ1v) is 3.95. The second-order valence-electron chi connectivity index (χ2n) is 2.88. The van der Waals surface area contributed by atoms with Gasteiger partial charge in [0, 0.05) is 0 Å². The van der Waals surface area contributed by atoms with Gasteiger partial charge in [0.2, 0.25) is 0 Å². The van der Waals surface area contributed by atoms with Crippen molar-refractivity contribution in [3.63, 3.8) is 0 Å². The van der Waals surface area contributed by atoms with Gasteiger partial charge in [-0.1, -0.05) is 31.9 Å². The van der Waals surface area contributed by atoms with Crippen molar-refractivity contribution >= 4 is 0 Å². The highest BCUT2D eigenvalue weighted by Crippen LogP contribution is 2.19. The second kappa shape index (κ2) is 4.48. The Morgan fingerprint density at radius 2 is 2.10 bits per heavy atom. The molecule has 0 bridgehead atoms. The third-order valence-corrected chi connectivity index (χ3v) is 1.53. The minimum atomic E-state index is -1.08. The molecule has 1 atom stereocenters. The summed E-state index contributed by atoms with van der Waals surface area (Å²) in [4.78, 5) is 0. The first kappa shape index (κ1) is 9.67. The van der Waals surface area contributed by atoms with Crippen LogP contribution in [0.5, 0.6) is 0 Å². The molecule has 0 fully saturated rings. The van der Waals surface area contributed by atoms with Crippen molar-refractivity contribution in [2.45, 2.75) is 45.7 Å². The van der Waals surface area contributed by atoms with Gasteiger partial charge in [0.05, 0.1) is 0 Å². The fourth-order valence-electron chi connectivity index (χ4n) is 0.953. The zero-order valence-corrected chi connectivity index (χ0v) is 7.15. The van der Waals surface area contributed by atoms with Gasteiger partial charge < -0.3 is 0 Å². The molecule has 0 spiro atoms. The van der Waals surface area contributed by atoms with Crippen molar-refractivity contribution in [1.82, 2.24) is 0 Å². The summed E-state index contributed by atoms with van der Waals surface area (Å²) >= 11 is 0. The van der Waals surface area contributed by atoms with Gasteiger partial charge in [-0.15, -0.1) is 0 Å². The molecule has 0 amide bonds. The maximum Gasteiger partial charge on any atom is 0.126 e. The Morgan fingerprint density at radius 1 is 1.50 bits per heavy atom. The van der Waals surface area contributed by atoms with Crippen LogP contribution in [0.15, 0.2) is 12.2 Å². The highest BCUT2D eigenvalue weighted by Gasteiger charge is 2.16. The van der Waals surface area contributed by atoms with Crippen LogP contribution in [-0.4, -0.2) is 5.67 Å². The van der Waals surface area contributed by atoms with E-state index < -0.39 is 5.67 Å². The number of rotatable bonds is 4. The fourth-order valence-corrected chi connectivity index (χ4v) is 0.953. The molecule has 0 aromatic heterocycles. The Balaban J connectivity index is 3.63. The van der Waals surface area contributed by atoms with Crippen LogP contribution in [0.1, 0.15) is 40.0 Å². The number of unbranched alkanes of at least 4 members (excludes halogenated alkanes) is 1. The molecular weight excluding hydrogens is 127 g/mol. The minimum Gasteiger partial charge on any atom is -0.240 e. The summed E-state index contributed by atoms with van der Waals surface area (Å²) in [7, 11) is 0. The monoisotopic (exact) mass is 144 g/mol. The summed E-state index contributed by atoms with van der Waals surface area (Å²) in [5.41, 5.74) is -1.08. The molecule has 0 aromatic carbocycles. The van der Waals surface area contributed by atoms with Crippen LogP contribution in [0.25, 0.3) is 0 Å². The summed E-state index contributed by atoms with van der Waals surface area (Å²) in [6.07, 6.45) is 6.08. The normalized spacial score (nSPS) is 17.6. The van der Waals surface area contributed by atoms with Gasteiger partial charge in [-0.2, -0.15) is 0 Å². The molecule has 0 saturated carbocycles. The average Bonchev–Trinajstić information content (AvgIpc) is 1.84. The van der Waals surface area contributed by atoms with Crippen LogP contribution in [-0.2, 0) is 0 Å². The van der Waals surface area contributed by atoms with Gasteiger partial charge in [-0.05, 0) is 20.3 Å². The first-order chi connectivity index (χ1) is 4.62. The highest BCUT2D eigenvalue weighted by molar-refractivity contribution is 4.96. The summed E-state index contributed by atoms with van der Waals surface area (Å²) in [6, 6.07) is 0. The second-order valence-corrected chi connectivity index (χ2v) is 2.88. The van der Waals surface area contributed by atoms with E-state index >= 15 is 0 Å². The fraction of sp³-hybridized carbons (Fsp3) is 0.778. The van der Waals surface area contributed by atoms with E-state index in [9.17, 15) is 4.39 Å². The zero-order valence-electron chi connectivity index (χ0n) is 7.15. The molecule has 0 radical (unpaired) electrons. The predicted octanol–water partition coefficient (Wildman–Crippen LogP) is 3.48. The van der Waals surface area contributed by atoms with Crippen LogP contribution < -0.4 is 0 Å². The van der Waals surface area contributed by atoms with Crippen LogP contribution >= 0.6 is 0 Å². The van der Waals surface area contributed by atoms with Gasteiger partial charge in [-0.3, -0.25) is 0 Å². The van der Waals surface area contributed by atoms with E-state index in [1.165, 1.54) is 0 Å². The molecule has 10 heavy (non-hydrogen) atoms. The van der Waals surface area contributed by atoms with E-state index in [0.29, 0.717) is 6.42 Å². The lowest BCUT2D eigenvalue weighted by atomic mass is 10.0. The van der Waals surface area contributed by atoms with Crippen molar-refractivity contribution in [2.75, 3.05) is 0 Å². The summed E-state index contributed by atoms with van der Waals surface area (Å²) in [5, 5.41) is 0. The van der Waals surface area contributed by atoms with Gasteiger partial charge in [0.25, 0.3) is 0 Å². The van der Waals surface area contributed by atoms with Crippen molar-refractivity contribution in [1.29, 1.82) is 0 Å². The Morgan fingerprint density at radius 3 is 2.50 bits per heavy atom. The Hall–Kier alpha value is -0.330. The van der Waals surface area contributed by atoms with E-state index in [-0.39, 0.29) is 0 Å². The molecule has 0 aliphatic heterocycles. The summed E-state index contributed by atoms with van der Waals surface area (Å²) < 4.78 is 13.2. The van der Waals surface area contributed by atoms with E-state index in [1.54, 1.807) is 19.1 Å². The third kappa shape index (κ3) is 4.54. The quantitative estimate of drug-likeness (QED) is 0.530. The van der Waals surface area contributed by atoms with Gasteiger partial charge >= 0.3 is 0 Å². The lowest BCUT2D eigenvalue weighted by molar-refractivity contribution is 0.234. The number of alkyl halides is 1. The molecule has 0 aromatic rings. The Kier molecular flexibility index (Phi) is 4.33. The third-order valence-electron chi connectivity index (χ3n) is 1.53. The Labute approximate surface area is 63.1 Å². The van der Waals surface area contributed by atoms with Crippen LogP contribution in [0.4, 0.5) is 4.39 Å². The summed E-state index contributed by atoms with van der Waals surface area (Å²) in [6.45, 7) is 5.55. The standard InChI is InChI=1S/C9H17F/c1-4-6-8-9(3,10)7-5-2/h5,7H,4,6,8H2,1-3H3/b7-5+. The van der Waals surface area contributed by atoms with E-state index in [2.05, 4.69) is 6.92 Å². The maximum atomic E-state index is 13.2. The zero-order chi connectivity index (χ0) is 8.04. The lowest BCUT2D eigenvalue weighted by Gasteiger charge is -2.14. The van der Waals surface area contributed by atoms with E-state index in [4.69, 9.17) is 0 Å².